The van der Waals surface area contributed by atoms with Gasteiger partial charge in [-0.1, -0.05) is 12.1 Å². The number of amidine groups is 2. The first kappa shape index (κ1) is 29.3. The predicted octanol–water partition coefficient (Wildman–Crippen LogP) is 4.46. The molecule has 0 atom stereocenters. The highest BCUT2D eigenvalue weighted by Gasteiger charge is 2.07. The van der Waals surface area contributed by atoms with Gasteiger partial charge in [-0.15, -0.1) is 24.8 Å². The molecule has 35 heavy (non-hydrogen) atoms. The number of benzene rings is 3. The second-order valence-electron chi connectivity index (χ2n) is 7.07. The standard InChI is InChI=1S/C24H25FN4O4.2ClH/c25-22-11-16(12-30-18-3-7-20(8-4-18)32-14-23(26)27)1-2-17(22)13-31-19-5-9-21(10-6-19)33-15-24(28)29;;/h1-11H,12-15H2,(H3,26,27)(H3,28,29);2*1H. The number of rotatable bonds is 12. The predicted molar refractivity (Wildman–Crippen MR) is 137 cm³/mol. The maximum absolute atomic E-state index is 14.5. The van der Waals surface area contributed by atoms with Crippen LogP contribution in [0.5, 0.6) is 23.0 Å². The number of halogens is 3. The van der Waals surface area contributed by atoms with Gasteiger partial charge in [-0.25, -0.2) is 4.39 Å². The topological polar surface area (TPSA) is 137 Å². The Morgan fingerprint density at radius 3 is 1.43 bits per heavy atom. The molecule has 6 N–H and O–H groups in total. The summed E-state index contributed by atoms with van der Waals surface area (Å²) in [5.74, 6) is 1.80. The third-order valence-corrected chi connectivity index (χ3v) is 4.35. The molecule has 0 bridgehead atoms. The van der Waals surface area contributed by atoms with Gasteiger partial charge in [-0.3, -0.25) is 10.8 Å². The highest BCUT2D eigenvalue weighted by atomic mass is 35.5. The quantitative estimate of drug-likeness (QED) is 0.204. The van der Waals surface area contributed by atoms with Crippen molar-refractivity contribution in [3.63, 3.8) is 0 Å². The first-order chi connectivity index (χ1) is 15.9. The molecule has 11 heteroatoms. The summed E-state index contributed by atoms with van der Waals surface area (Å²) in [7, 11) is 0. The molecule has 0 heterocycles. The van der Waals surface area contributed by atoms with Crippen LogP contribution in [0, 0.1) is 16.6 Å². The molecule has 0 spiro atoms. The van der Waals surface area contributed by atoms with Crippen LogP contribution in [0.15, 0.2) is 66.7 Å². The molecule has 0 radical (unpaired) electrons. The van der Waals surface area contributed by atoms with Crippen molar-refractivity contribution in [2.45, 2.75) is 13.2 Å². The minimum atomic E-state index is -0.384. The molecule has 0 aromatic heterocycles. The Bertz CT molecular complexity index is 1100. The molecule has 0 saturated carbocycles. The fourth-order valence-electron chi connectivity index (χ4n) is 2.71. The van der Waals surface area contributed by atoms with E-state index in [2.05, 4.69) is 0 Å². The maximum Gasteiger partial charge on any atom is 0.145 e. The molecular weight excluding hydrogens is 498 g/mol. The highest BCUT2D eigenvalue weighted by Crippen LogP contribution is 2.21. The van der Waals surface area contributed by atoms with Crippen LogP contribution in [0.25, 0.3) is 0 Å². The molecule has 0 amide bonds. The Morgan fingerprint density at radius 2 is 1.03 bits per heavy atom. The Morgan fingerprint density at radius 1 is 0.629 bits per heavy atom. The molecule has 0 saturated heterocycles. The lowest BCUT2D eigenvalue weighted by Crippen LogP contribution is -2.19. The molecule has 8 nitrogen and oxygen atoms in total. The van der Waals surface area contributed by atoms with Gasteiger partial charge in [0.25, 0.3) is 0 Å². The normalized spacial score (nSPS) is 9.74. The van der Waals surface area contributed by atoms with Crippen molar-refractivity contribution >= 4 is 36.5 Å². The fourth-order valence-corrected chi connectivity index (χ4v) is 2.71. The summed E-state index contributed by atoms with van der Waals surface area (Å²) in [6.07, 6.45) is 0. The smallest absolute Gasteiger partial charge is 0.145 e. The summed E-state index contributed by atoms with van der Waals surface area (Å²) < 4.78 is 36.4. The largest absolute Gasteiger partial charge is 0.489 e. The van der Waals surface area contributed by atoms with Crippen LogP contribution < -0.4 is 30.4 Å². The molecule has 0 fully saturated rings. The van der Waals surface area contributed by atoms with E-state index >= 15 is 0 Å². The van der Waals surface area contributed by atoms with Crippen molar-refractivity contribution in [2.24, 2.45) is 11.5 Å². The Labute approximate surface area is 215 Å². The summed E-state index contributed by atoms with van der Waals surface area (Å²) >= 11 is 0. The minimum Gasteiger partial charge on any atom is -0.489 e. The van der Waals surface area contributed by atoms with E-state index in [9.17, 15) is 4.39 Å². The second-order valence-corrected chi connectivity index (χ2v) is 7.07. The van der Waals surface area contributed by atoms with E-state index in [4.69, 9.17) is 41.2 Å². The molecule has 0 unspecified atom stereocenters. The monoisotopic (exact) mass is 524 g/mol. The van der Waals surface area contributed by atoms with Crippen LogP contribution in [0.2, 0.25) is 0 Å². The molecule has 0 aliphatic carbocycles. The third-order valence-electron chi connectivity index (χ3n) is 4.35. The summed E-state index contributed by atoms with van der Waals surface area (Å²) in [4.78, 5) is 0. The van der Waals surface area contributed by atoms with Gasteiger partial charge in [0.2, 0.25) is 0 Å². The molecule has 188 valence electrons. The lowest BCUT2D eigenvalue weighted by Gasteiger charge is -2.11. The first-order valence-corrected chi connectivity index (χ1v) is 10.0. The summed E-state index contributed by atoms with van der Waals surface area (Å²) in [5.41, 5.74) is 11.6. The SMILES string of the molecule is Cl.Cl.N=C(N)COc1ccc(OCc2ccc(COc3ccc(OCC(=N)N)cc3)c(F)c2)cc1. The van der Waals surface area contributed by atoms with Crippen LogP contribution in [0.3, 0.4) is 0 Å². The molecule has 3 aromatic carbocycles. The zero-order chi connectivity index (χ0) is 23.6. The Hall–Kier alpha value is -3.69. The summed E-state index contributed by atoms with van der Waals surface area (Å²) in [5, 5.41) is 14.3. The van der Waals surface area contributed by atoms with E-state index in [1.807, 2.05) is 0 Å². The van der Waals surface area contributed by atoms with E-state index in [0.29, 0.717) is 34.1 Å². The van der Waals surface area contributed by atoms with E-state index in [1.165, 1.54) is 6.07 Å². The number of nitrogens with one attached hydrogen (secondary N) is 2. The van der Waals surface area contributed by atoms with Gasteiger partial charge in [0.05, 0.1) is 0 Å². The lowest BCUT2D eigenvalue weighted by atomic mass is 10.1. The maximum atomic E-state index is 14.5. The van der Waals surface area contributed by atoms with Crippen molar-refractivity contribution in [1.29, 1.82) is 10.8 Å². The van der Waals surface area contributed by atoms with Gasteiger partial charge < -0.3 is 30.4 Å². The van der Waals surface area contributed by atoms with Crippen LogP contribution in [-0.2, 0) is 13.2 Å². The molecule has 0 aliphatic rings. The average Bonchev–Trinajstić information content (AvgIpc) is 2.80. The van der Waals surface area contributed by atoms with Gasteiger partial charge in [0, 0.05) is 5.56 Å². The minimum absolute atomic E-state index is 0. The second kappa shape index (κ2) is 14.5. The summed E-state index contributed by atoms with van der Waals surface area (Å²) in [6, 6.07) is 18.5. The van der Waals surface area contributed by atoms with Crippen molar-refractivity contribution in [2.75, 3.05) is 13.2 Å². The molecule has 3 rings (SSSR count). The van der Waals surface area contributed by atoms with Crippen molar-refractivity contribution < 1.29 is 23.3 Å². The number of ether oxygens (including phenoxy) is 4. The molecular formula is C24H27Cl2FN4O4. The fraction of sp³-hybridized carbons (Fsp3) is 0.167. The number of nitrogens with two attached hydrogens (primary N) is 2. The van der Waals surface area contributed by atoms with Gasteiger partial charge in [-0.05, 0) is 60.2 Å². The van der Waals surface area contributed by atoms with Crippen LogP contribution in [0.4, 0.5) is 4.39 Å². The van der Waals surface area contributed by atoms with E-state index in [1.54, 1.807) is 60.7 Å². The van der Waals surface area contributed by atoms with Gasteiger partial charge >= 0.3 is 0 Å². The van der Waals surface area contributed by atoms with Gasteiger partial charge in [0.1, 0.15) is 66.9 Å². The average molecular weight is 525 g/mol. The van der Waals surface area contributed by atoms with Crippen molar-refractivity contribution in [3.05, 3.63) is 83.7 Å². The number of hydrogen-bond acceptors (Lipinski definition) is 6. The van der Waals surface area contributed by atoms with Crippen molar-refractivity contribution in [1.82, 2.24) is 0 Å². The lowest BCUT2D eigenvalue weighted by molar-refractivity contribution is 0.295. The third kappa shape index (κ3) is 9.99. The highest BCUT2D eigenvalue weighted by molar-refractivity contribution is 5.85. The van der Waals surface area contributed by atoms with Crippen LogP contribution in [-0.4, -0.2) is 24.9 Å². The summed E-state index contributed by atoms with van der Waals surface area (Å²) in [6.45, 7) is 0.314. The van der Waals surface area contributed by atoms with E-state index in [-0.39, 0.29) is 68.7 Å². The zero-order valence-corrected chi connectivity index (χ0v) is 20.3. The van der Waals surface area contributed by atoms with E-state index in [0.717, 1.165) is 0 Å². The first-order valence-electron chi connectivity index (χ1n) is 10.0. The van der Waals surface area contributed by atoms with E-state index < -0.39 is 0 Å². The molecule has 3 aromatic rings. The molecule has 0 aliphatic heterocycles. The van der Waals surface area contributed by atoms with Crippen molar-refractivity contribution in [3.8, 4) is 23.0 Å². The van der Waals surface area contributed by atoms with Crippen LogP contribution in [0.1, 0.15) is 11.1 Å². The van der Waals surface area contributed by atoms with Crippen LogP contribution >= 0.6 is 24.8 Å². The number of hydrogen-bond donors (Lipinski definition) is 4. The zero-order valence-electron chi connectivity index (χ0n) is 18.7. The Balaban J connectivity index is 0.00000306. The van der Waals surface area contributed by atoms with Gasteiger partial charge in [-0.2, -0.15) is 0 Å². The van der Waals surface area contributed by atoms with Gasteiger partial charge in [0.15, 0.2) is 0 Å². The Kier molecular flexibility index (Phi) is 12.2.